The summed E-state index contributed by atoms with van der Waals surface area (Å²) in [4.78, 5) is 35.9. The molecule has 0 unspecified atom stereocenters. The second-order valence-electron chi connectivity index (χ2n) is 6.42. The van der Waals surface area contributed by atoms with Crippen LogP contribution in [0.1, 0.15) is 32.7 Å². The van der Waals surface area contributed by atoms with Crippen LogP contribution in [0.2, 0.25) is 5.02 Å². The Balaban J connectivity index is 2.09. The lowest BCUT2D eigenvalue weighted by Crippen LogP contribution is -2.37. The number of thioether (sulfide) groups is 1. The van der Waals surface area contributed by atoms with Gasteiger partial charge in [-0.25, -0.2) is 0 Å². The van der Waals surface area contributed by atoms with E-state index in [-0.39, 0.29) is 17.9 Å². The Bertz CT molecular complexity index is 1100. The van der Waals surface area contributed by atoms with Gasteiger partial charge in [0.1, 0.15) is 17.9 Å². The number of carboxylic acid groups (broad SMARTS) is 1. The largest absolute Gasteiger partial charge is 0.507 e. The summed E-state index contributed by atoms with van der Waals surface area (Å²) in [5, 5.41) is 20.6. The van der Waals surface area contributed by atoms with E-state index in [1.165, 1.54) is 17.8 Å². The minimum atomic E-state index is -4.69. The van der Waals surface area contributed by atoms with Crippen molar-refractivity contribution in [1.82, 2.24) is 9.88 Å². The van der Waals surface area contributed by atoms with Crippen LogP contribution in [0, 0.1) is 0 Å². The van der Waals surface area contributed by atoms with Crippen molar-refractivity contribution in [3.05, 3.63) is 61.5 Å². The van der Waals surface area contributed by atoms with E-state index in [4.69, 9.17) is 16.7 Å². The summed E-state index contributed by atoms with van der Waals surface area (Å²) in [5.74, 6) is -2.38. The van der Waals surface area contributed by atoms with E-state index in [9.17, 15) is 32.7 Å². The van der Waals surface area contributed by atoms with E-state index in [2.05, 4.69) is 0 Å². The SMILES string of the molecule is O=C(O)CNC(=O)c1c(O)c2c(n(Cc3ccc(Cl)c(C(F)(F)F)c3)c1=O)CSC2. The van der Waals surface area contributed by atoms with Gasteiger partial charge in [-0.1, -0.05) is 17.7 Å². The van der Waals surface area contributed by atoms with E-state index in [1.807, 2.05) is 5.32 Å². The van der Waals surface area contributed by atoms with Crippen LogP contribution >= 0.6 is 23.4 Å². The van der Waals surface area contributed by atoms with Crippen LogP contribution < -0.4 is 10.9 Å². The Hall–Kier alpha value is -2.66. The van der Waals surface area contributed by atoms with Gasteiger partial charge in [0.05, 0.1) is 17.1 Å². The topological polar surface area (TPSA) is 109 Å². The number of carbonyl (C=O) groups is 2. The Labute approximate surface area is 176 Å². The second-order valence-corrected chi connectivity index (χ2v) is 7.81. The van der Waals surface area contributed by atoms with Gasteiger partial charge in [-0.3, -0.25) is 14.4 Å². The first kappa shape index (κ1) is 22.0. The van der Waals surface area contributed by atoms with Crippen LogP contribution in [0.5, 0.6) is 5.75 Å². The molecule has 7 nitrogen and oxygen atoms in total. The monoisotopic (exact) mass is 462 g/mol. The highest BCUT2D eigenvalue weighted by Crippen LogP contribution is 2.38. The van der Waals surface area contributed by atoms with Gasteiger partial charge < -0.3 is 20.1 Å². The maximum atomic E-state index is 13.1. The summed E-state index contributed by atoms with van der Waals surface area (Å²) in [6.07, 6.45) is -4.69. The van der Waals surface area contributed by atoms with Gasteiger partial charge >= 0.3 is 12.1 Å². The summed E-state index contributed by atoms with van der Waals surface area (Å²) in [6.45, 7) is -1.06. The van der Waals surface area contributed by atoms with Crippen LogP contribution in [-0.2, 0) is 29.0 Å². The smallest absolute Gasteiger partial charge is 0.417 e. The average Bonchev–Trinajstić information content (AvgIpc) is 3.14. The number of pyridine rings is 1. The lowest BCUT2D eigenvalue weighted by molar-refractivity contribution is -0.137. The first-order valence-electron chi connectivity index (χ1n) is 8.41. The summed E-state index contributed by atoms with van der Waals surface area (Å²) < 4.78 is 40.6. The van der Waals surface area contributed by atoms with Crippen molar-refractivity contribution in [2.24, 2.45) is 0 Å². The Kier molecular flexibility index (Phi) is 6.04. The number of aromatic nitrogens is 1. The number of amides is 1. The van der Waals surface area contributed by atoms with E-state index in [0.717, 1.165) is 16.7 Å². The number of nitrogens with one attached hydrogen (secondary N) is 1. The summed E-state index contributed by atoms with van der Waals surface area (Å²) in [6, 6.07) is 3.22. The maximum absolute atomic E-state index is 13.1. The molecule has 1 aliphatic heterocycles. The third-order valence-corrected chi connectivity index (χ3v) is 5.75. The first-order chi connectivity index (χ1) is 14.0. The fraction of sp³-hybridized carbons (Fsp3) is 0.278. The standard InChI is InChI=1S/C18H14ClF3N2O5S/c19-11-2-1-8(3-10(11)18(20,21)22)5-24-12-7-30-6-9(12)15(27)14(17(24)29)16(28)23-4-13(25)26/h1-3,27H,4-7H2,(H,23,28)(H,25,26). The molecule has 160 valence electrons. The number of benzene rings is 1. The molecule has 0 bridgehead atoms. The molecule has 2 heterocycles. The Morgan fingerprint density at radius 1 is 1.27 bits per heavy atom. The predicted molar refractivity (Wildman–Crippen MR) is 103 cm³/mol. The van der Waals surface area contributed by atoms with Crippen molar-refractivity contribution in [2.45, 2.75) is 24.2 Å². The minimum Gasteiger partial charge on any atom is -0.507 e. The molecule has 0 atom stereocenters. The highest BCUT2D eigenvalue weighted by Gasteiger charge is 2.34. The minimum absolute atomic E-state index is 0.121. The number of alkyl halides is 3. The molecule has 0 fully saturated rings. The van der Waals surface area contributed by atoms with Crippen molar-refractivity contribution >= 4 is 35.2 Å². The van der Waals surface area contributed by atoms with Crippen LogP contribution in [0.25, 0.3) is 0 Å². The fourth-order valence-electron chi connectivity index (χ4n) is 3.06. The van der Waals surface area contributed by atoms with Gasteiger partial charge in [0.15, 0.2) is 0 Å². The number of rotatable bonds is 5. The predicted octanol–water partition coefficient (Wildman–Crippen LogP) is 2.84. The van der Waals surface area contributed by atoms with Crippen LogP contribution in [-0.4, -0.2) is 33.2 Å². The first-order valence-corrected chi connectivity index (χ1v) is 9.94. The van der Waals surface area contributed by atoms with Crippen molar-refractivity contribution < 1.29 is 33.0 Å². The van der Waals surface area contributed by atoms with Crippen molar-refractivity contribution in [3.63, 3.8) is 0 Å². The lowest BCUT2D eigenvalue weighted by Gasteiger charge is -2.17. The fourth-order valence-corrected chi connectivity index (χ4v) is 4.42. The highest BCUT2D eigenvalue weighted by molar-refractivity contribution is 7.98. The zero-order valence-electron chi connectivity index (χ0n) is 15.0. The van der Waals surface area contributed by atoms with Gasteiger partial charge in [0.2, 0.25) is 0 Å². The Morgan fingerprint density at radius 2 is 1.97 bits per heavy atom. The maximum Gasteiger partial charge on any atom is 0.417 e. The number of nitrogens with zero attached hydrogens (tertiary/aromatic N) is 1. The number of hydrogen-bond acceptors (Lipinski definition) is 5. The normalized spacial score (nSPS) is 13.2. The van der Waals surface area contributed by atoms with Crippen LogP contribution in [0.15, 0.2) is 23.0 Å². The van der Waals surface area contributed by atoms with Crippen LogP contribution in [0.3, 0.4) is 0 Å². The molecule has 2 aromatic rings. The summed E-state index contributed by atoms with van der Waals surface area (Å²) in [7, 11) is 0. The molecule has 0 aliphatic carbocycles. The number of carboxylic acids is 1. The van der Waals surface area contributed by atoms with Gasteiger partial charge in [-0.2, -0.15) is 24.9 Å². The summed E-state index contributed by atoms with van der Waals surface area (Å²) in [5.41, 5.74) is -1.82. The molecule has 3 rings (SSSR count). The molecule has 12 heteroatoms. The van der Waals surface area contributed by atoms with Gasteiger partial charge in [-0.15, -0.1) is 0 Å². The Morgan fingerprint density at radius 3 is 2.60 bits per heavy atom. The molecule has 1 aromatic carbocycles. The number of hydrogen-bond donors (Lipinski definition) is 3. The third kappa shape index (κ3) is 4.26. The van der Waals surface area contributed by atoms with Gasteiger partial charge in [0, 0.05) is 22.8 Å². The van der Waals surface area contributed by atoms with Crippen molar-refractivity contribution in [1.29, 1.82) is 0 Å². The van der Waals surface area contributed by atoms with E-state index in [0.29, 0.717) is 17.0 Å². The van der Waals surface area contributed by atoms with E-state index in [1.54, 1.807) is 0 Å². The molecular formula is C18H14ClF3N2O5S. The van der Waals surface area contributed by atoms with Gasteiger partial charge in [-0.05, 0) is 17.7 Å². The average molecular weight is 463 g/mol. The second kappa shape index (κ2) is 8.23. The van der Waals surface area contributed by atoms with E-state index >= 15 is 0 Å². The molecule has 1 aliphatic rings. The zero-order valence-corrected chi connectivity index (χ0v) is 16.6. The van der Waals surface area contributed by atoms with Crippen molar-refractivity contribution in [3.8, 4) is 5.75 Å². The number of fused-ring (bicyclic) bond motifs is 1. The highest BCUT2D eigenvalue weighted by atomic mass is 35.5. The molecule has 1 amide bonds. The molecule has 0 spiro atoms. The molecule has 3 N–H and O–H groups in total. The number of aromatic hydroxyl groups is 1. The number of halogens is 4. The lowest BCUT2D eigenvalue weighted by atomic mass is 10.1. The van der Waals surface area contributed by atoms with E-state index < -0.39 is 52.1 Å². The quantitative estimate of drug-likeness (QED) is 0.630. The number of aliphatic carboxylic acids is 1. The zero-order chi connectivity index (χ0) is 22.2. The van der Waals surface area contributed by atoms with Crippen LogP contribution in [0.4, 0.5) is 13.2 Å². The molecule has 0 saturated heterocycles. The molecule has 0 radical (unpaired) electrons. The molecule has 30 heavy (non-hydrogen) atoms. The third-order valence-electron chi connectivity index (χ3n) is 4.45. The molecule has 1 aromatic heterocycles. The molecule has 0 saturated carbocycles. The summed E-state index contributed by atoms with van der Waals surface area (Å²) >= 11 is 6.98. The van der Waals surface area contributed by atoms with Gasteiger partial charge in [0.25, 0.3) is 11.5 Å². The number of carbonyl (C=O) groups excluding carboxylic acids is 1. The van der Waals surface area contributed by atoms with Crippen molar-refractivity contribution in [2.75, 3.05) is 6.54 Å². The molecular weight excluding hydrogens is 449 g/mol.